The Kier molecular flexibility index (Phi) is 6.84. The van der Waals surface area contributed by atoms with E-state index in [2.05, 4.69) is 15.1 Å². The van der Waals surface area contributed by atoms with E-state index < -0.39 is 0 Å². The third kappa shape index (κ3) is 5.77. The van der Waals surface area contributed by atoms with Crippen molar-refractivity contribution in [3.63, 3.8) is 0 Å². The van der Waals surface area contributed by atoms with Gasteiger partial charge in [-0.05, 0) is 25.5 Å². The average molecular weight is 340 g/mol. The summed E-state index contributed by atoms with van der Waals surface area (Å²) in [6.07, 6.45) is -0.304. The number of carbonyl (C=O) groups excluding carboxylic acids is 1. The molecule has 0 spiro atoms. The molecule has 1 aliphatic heterocycles. The fourth-order valence-electron chi connectivity index (χ4n) is 2.90. The van der Waals surface area contributed by atoms with Crippen LogP contribution in [0.3, 0.4) is 0 Å². The number of piperazine rings is 1. The van der Waals surface area contributed by atoms with Gasteiger partial charge in [-0.3, -0.25) is 14.6 Å². The van der Waals surface area contributed by atoms with Crippen molar-refractivity contribution in [2.24, 2.45) is 0 Å². The molecule has 1 amide bonds. The lowest BCUT2D eigenvalue weighted by molar-refractivity contribution is -0.123. The van der Waals surface area contributed by atoms with Crippen molar-refractivity contribution in [2.75, 3.05) is 39.3 Å². The van der Waals surface area contributed by atoms with Crippen LogP contribution in [0.4, 0.5) is 0 Å². The highest BCUT2D eigenvalue weighted by Crippen LogP contribution is 2.21. The van der Waals surface area contributed by atoms with Gasteiger partial charge in [0.2, 0.25) is 5.91 Å². The summed E-state index contributed by atoms with van der Waals surface area (Å²) in [5.41, 5.74) is 0.935. The molecule has 2 atom stereocenters. The monoisotopic (exact) mass is 339 g/mol. The van der Waals surface area contributed by atoms with Crippen molar-refractivity contribution >= 4 is 17.5 Å². The van der Waals surface area contributed by atoms with Gasteiger partial charge in [0.1, 0.15) is 0 Å². The zero-order valence-corrected chi connectivity index (χ0v) is 14.6. The van der Waals surface area contributed by atoms with Crippen LogP contribution in [0.2, 0.25) is 5.02 Å². The molecule has 1 fully saturated rings. The Morgan fingerprint density at radius 3 is 2.43 bits per heavy atom. The molecule has 5 nitrogen and oxygen atoms in total. The maximum absolute atomic E-state index is 12.2. The minimum atomic E-state index is -0.304. The molecular formula is C17H26ClN3O2. The van der Waals surface area contributed by atoms with Gasteiger partial charge in [-0.1, -0.05) is 29.8 Å². The highest BCUT2D eigenvalue weighted by molar-refractivity contribution is 6.31. The third-order valence-electron chi connectivity index (χ3n) is 4.10. The van der Waals surface area contributed by atoms with Crippen molar-refractivity contribution in [1.29, 1.82) is 0 Å². The van der Waals surface area contributed by atoms with Crippen molar-refractivity contribution in [3.8, 4) is 0 Å². The number of β-amino-alcohol motifs (C(OH)–C–C–N with tert-alkyl or cyclic N) is 1. The molecule has 1 aromatic carbocycles. The molecular weight excluding hydrogens is 314 g/mol. The Balaban J connectivity index is 1.76. The summed E-state index contributed by atoms with van der Waals surface area (Å²) in [6, 6.07) is 7.47. The normalized spacial score (nSPS) is 19.3. The van der Waals surface area contributed by atoms with Gasteiger partial charge < -0.3 is 10.4 Å². The smallest absolute Gasteiger partial charge is 0.234 e. The average Bonchev–Trinajstić information content (AvgIpc) is 2.49. The fraction of sp³-hybridized carbons (Fsp3) is 0.588. The fourth-order valence-corrected chi connectivity index (χ4v) is 3.20. The lowest BCUT2D eigenvalue weighted by Crippen LogP contribution is -2.50. The van der Waals surface area contributed by atoms with Gasteiger partial charge in [-0.15, -0.1) is 0 Å². The molecule has 23 heavy (non-hydrogen) atoms. The molecule has 2 rings (SSSR count). The highest BCUT2D eigenvalue weighted by atomic mass is 35.5. The quantitative estimate of drug-likeness (QED) is 0.825. The zero-order chi connectivity index (χ0) is 16.8. The number of aliphatic hydroxyl groups is 1. The van der Waals surface area contributed by atoms with Crippen LogP contribution in [0.5, 0.6) is 0 Å². The molecule has 0 aliphatic carbocycles. The van der Waals surface area contributed by atoms with Gasteiger partial charge in [-0.25, -0.2) is 0 Å². The van der Waals surface area contributed by atoms with E-state index in [0.29, 0.717) is 18.1 Å². The number of hydrogen-bond donors (Lipinski definition) is 2. The van der Waals surface area contributed by atoms with E-state index in [1.54, 1.807) is 6.92 Å². The molecule has 0 saturated carbocycles. The largest absolute Gasteiger partial charge is 0.392 e. The van der Waals surface area contributed by atoms with Crippen LogP contribution in [0.1, 0.15) is 25.5 Å². The van der Waals surface area contributed by atoms with Crippen LogP contribution in [-0.4, -0.2) is 66.2 Å². The first-order chi connectivity index (χ1) is 11.0. The Morgan fingerprint density at radius 2 is 1.83 bits per heavy atom. The molecule has 6 heteroatoms. The molecule has 1 aliphatic rings. The standard InChI is InChI=1S/C17H26ClN3O2/c1-13(22)11-20-7-9-21(10-8-20)12-17(23)19-14(2)15-5-3-4-6-16(15)18/h3-6,13-14,22H,7-12H2,1-2H3,(H,19,23). The number of carbonyl (C=O) groups is 1. The first-order valence-electron chi connectivity index (χ1n) is 8.12. The molecule has 1 aromatic rings. The molecule has 128 valence electrons. The van der Waals surface area contributed by atoms with Crippen LogP contribution in [0, 0.1) is 0 Å². The van der Waals surface area contributed by atoms with E-state index in [9.17, 15) is 9.90 Å². The summed E-state index contributed by atoms with van der Waals surface area (Å²) in [6.45, 7) is 8.31. The van der Waals surface area contributed by atoms with E-state index >= 15 is 0 Å². The first kappa shape index (κ1) is 18.2. The summed E-state index contributed by atoms with van der Waals surface area (Å²) in [4.78, 5) is 16.6. The predicted molar refractivity (Wildman–Crippen MR) is 92.6 cm³/mol. The summed E-state index contributed by atoms with van der Waals surface area (Å²) in [7, 11) is 0. The maximum atomic E-state index is 12.2. The SMILES string of the molecule is CC(O)CN1CCN(CC(=O)NC(C)c2ccccc2Cl)CC1. The molecule has 0 radical (unpaired) electrons. The summed E-state index contributed by atoms with van der Waals surface area (Å²) in [5, 5.41) is 13.1. The second-order valence-electron chi connectivity index (χ2n) is 6.24. The summed E-state index contributed by atoms with van der Waals surface area (Å²) < 4.78 is 0. The molecule has 1 heterocycles. The van der Waals surface area contributed by atoms with Crippen LogP contribution in [0.15, 0.2) is 24.3 Å². The topological polar surface area (TPSA) is 55.8 Å². The van der Waals surface area contributed by atoms with Crippen LogP contribution >= 0.6 is 11.6 Å². The van der Waals surface area contributed by atoms with E-state index in [1.165, 1.54) is 0 Å². The Bertz CT molecular complexity index is 516. The Labute approximate surface area is 143 Å². The molecule has 2 unspecified atom stereocenters. The second kappa shape index (κ2) is 8.64. The molecule has 0 aromatic heterocycles. The van der Waals surface area contributed by atoms with E-state index in [-0.39, 0.29) is 18.1 Å². The van der Waals surface area contributed by atoms with Crippen LogP contribution in [-0.2, 0) is 4.79 Å². The van der Waals surface area contributed by atoms with E-state index in [4.69, 9.17) is 11.6 Å². The minimum absolute atomic E-state index is 0.0152. The number of hydrogen-bond acceptors (Lipinski definition) is 4. The van der Waals surface area contributed by atoms with E-state index in [0.717, 1.165) is 31.7 Å². The van der Waals surface area contributed by atoms with Crippen molar-refractivity contribution in [3.05, 3.63) is 34.9 Å². The van der Waals surface area contributed by atoms with Gasteiger partial charge in [0.05, 0.1) is 18.7 Å². The van der Waals surface area contributed by atoms with Gasteiger partial charge in [0.25, 0.3) is 0 Å². The summed E-state index contributed by atoms with van der Waals surface area (Å²) >= 11 is 6.16. The third-order valence-corrected chi connectivity index (χ3v) is 4.45. The van der Waals surface area contributed by atoms with Gasteiger partial charge in [-0.2, -0.15) is 0 Å². The number of nitrogens with one attached hydrogen (secondary N) is 1. The predicted octanol–water partition coefficient (Wildman–Crippen LogP) is 1.52. The molecule has 1 saturated heterocycles. The number of halogens is 1. The lowest BCUT2D eigenvalue weighted by atomic mass is 10.1. The van der Waals surface area contributed by atoms with Crippen molar-refractivity contribution < 1.29 is 9.90 Å². The Hall–Kier alpha value is -1.14. The number of nitrogens with zero attached hydrogens (tertiary/aromatic N) is 2. The van der Waals surface area contributed by atoms with Gasteiger partial charge in [0, 0.05) is 37.7 Å². The van der Waals surface area contributed by atoms with Gasteiger partial charge >= 0.3 is 0 Å². The number of aliphatic hydroxyl groups excluding tert-OH is 1. The number of rotatable bonds is 6. The maximum Gasteiger partial charge on any atom is 0.234 e. The minimum Gasteiger partial charge on any atom is -0.392 e. The van der Waals surface area contributed by atoms with Crippen molar-refractivity contribution in [1.82, 2.24) is 15.1 Å². The van der Waals surface area contributed by atoms with Crippen LogP contribution in [0.25, 0.3) is 0 Å². The van der Waals surface area contributed by atoms with Crippen LogP contribution < -0.4 is 5.32 Å². The van der Waals surface area contributed by atoms with Crippen molar-refractivity contribution in [2.45, 2.75) is 26.0 Å². The molecule has 0 bridgehead atoms. The number of benzene rings is 1. The summed E-state index contributed by atoms with van der Waals surface area (Å²) in [5.74, 6) is 0.0152. The van der Waals surface area contributed by atoms with Gasteiger partial charge in [0.15, 0.2) is 0 Å². The molecule has 2 N–H and O–H groups in total. The number of amides is 1. The first-order valence-corrected chi connectivity index (χ1v) is 8.50. The Morgan fingerprint density at radius 1 is 1.22 bits per heavy atom. The lowest BCUT2D eigenvalue weighted by Gasteiger charge is -2.35. The second-order valence-corrected chi connectivity index (χ2v) is 6.64. The van der Waals surface area contributed by atoms with E-state index in [1.807, 2.05) is 31.2 Å². The highest BCUT2D eigenvalue weighted by Gasteiger charge is 2.20. The zero-order valence-electron chi connectivity index (χ0n) is 13.8.